The maximum atomic E-state index is 12.8. The van der Waals surface area contributed by atoms with Crippen LogP contribution in [0.15, 0.2) is 59.4 Å². The Kier molecular flexibility index (Phi) is 3.11. The first-order chi connectivity index (χ1) is 9.74. The van der Waals surface area contributed by atoms with Gasteiger partial charge < -0.3 is 0 Å². The monoisotopic (exact) mass is 265 g/mol. The lowest BCUT2D eigenvalue weighted by Crippen LogP contribution is -2.44. The summed E-state index contributed by atoms with van der Waals surface area (Å²) in [5.41, 5.74) is 1.93. The topological polar surface area (TPSA) is 25.9 Å². The van der Waals surface area contributed by atoms with E-state index in [1.807, 2.05) is 61.5 Å². The second-order valence-electron chi connectivity index (χ2n) is 4.78. The minimum atomic E-state index is 0.0361. The zero-order chi connectivity index (χ0) is 14.1. The summed E-state index contributed by atoms with van der Waals surface area (Å²) in [4.78, 5) is 12.8. The molecule has 3 rings (SSSR count). The SMILES string of the molecule is CC[n+]1c(C)n(-c2ccccc2)c(=O)c2ccccc21. The summed E-state index contributed by atoms with van der Waals surface area (Å²) in [6.45, 7) is 4.92. The van der Waals surface area contributed by atoms with E-state index in [2.05, 4.69) is 11.5 Å². The molecule has 1 aromatic heterocycles. The van der Waals surface area contributed by atoms with Gasteiger partial charge in [0.15, 0.2) is 0 Å². The Morgan fingerprint density at radius 1 is 1.00 bits per heavy atom. The average Bonchev–Trinajstić information content (AvgIpc) is 2.49. The van der Waals surface area contributed by atoms with E-state index in [0.29, 0.717) is 0 Å². The van der Waals surface area contributed by atoms with E-state index in [4.69, 9.17) is 0 Å². The summed E-state index contributed by atoms with van der Waals surface area (Å²) in [5, 5.41) is 0.754. The quantitative estimate of drug-likeness (QED) is 0.654. The van der Waals surface area contributed by atoms with Gasteiger partial charge in [-0.1, -0.05) is 30.3 Å². The first-order valence-electron chi connectivity index (χ1n) is 6.83. The van der Waals surface area contributed by atoms with Crippen LogP contribution in [0.5, 0.6) is 0 Å². The van der Waals surface area contributed by atoms with Crippen LogP contribution in [0, 0.1) is 6.92 Å². The Balaban J connectivity index is 2.48. The lowest BCUT2D eigenvalue weighted by molar-refractivity contribution is -0.678. The Labute approximate surface area is 117 Å². The summed E-state index contributed by atoms with van der Waals surface area (Å²) in [6.07, 6.45) is 0. The van der Waals surface area contributed by atoms with Crippen molar-refractivity contribution in [2.45, 2.75) is 20.4 Å². The molecule has 3 aromatic rings. The number of para-hydroxylation sites is 2. The van der Waals surface area contributed by atoms with Gasteiger partial charge in [-0.05, 0) is 31.2 Å². The zero-order valence-corrected chi connectivity index (χ0v) is 11.7. The van der Waals surface area contributed by atoms with Crippen molar-refractivity contribution in [2.75, 3.05) is 0 Å². The van der Waals surface area contributed by atoms with E-state index < -0.39 is 0 Å². The molecule has 0 aliphatic heterocycles. The molecule has 3 heteroatoms. The molecule has 0 aliphatic carbocycles. The molecule has 1 heterocycles. The highest BCUT2D eigenvalue weighted by Crippen LogP contribution is 2.11. The molecule has 0 radical (unpaired) electrons. The fraction of sp³-hybridized carbons (Fsp3) is 0.176. The highest BCUT2D eigenvalue weighted by molar-refractivity contribution is 5.74. The van der Waals surface area contributed by atoms with Gasteiger partial charge in [-0.3, -0.25) is 0 Å². The molecular weight excluding hydrogens is 248 g/mol. The van der Waals surface area contributed by atoms with Gasteiger partial charge in [0.05, 0.1) is 6.54 Å². The Morgan fingerprint density at radius 2 is 1.65 bits per heavy atom. The number of benzene rings is 2. The third-order valence-electron chi connectivity index (χ3n) is 3.67. The third kappa shape index (κ3) is 1.83. The van der Waals surface area contributed by atoms with Gasteiger partial charge in [0.25, 0.3) is 5.82 Å². The van der Waals surface area contributed by atoms with Gasteiger partial charge in [0.2, 0.25) is 0 Å². The maximum absolute atomic E-state index is 12.8. The van der Waals surface area contributed by atoms with Gasteiger partial charge in [-0.2, -0.15) is 4.57 Å². The van der Waals surface area contributed by atoms with E-state index in [1.54, 1.807) is 4.57 Å². The molecule has 3 nitrogen and oxygen atoms in total. The standard InChI is InChI=1S/C17H17N2O/c1-3-18-13(2)19(14-9-5-4-6-10-14)17(20)15-11-7-8-12-16(15)18/h4-12H,3H2,1-2H3/q+1. The van der Waals surface area contributed by atoms with Crippen LogP contribution in [0.2, 0.25) is 0 Å². The first-order valence-corrected chi connectivity index (χ1v) is 6.83. The van der Waals surface area contributed by atoms with Gasteiger partial charge >= 0.3 is 5.56 Å². The normalized spacial score (nSPS) is 10.9. The highest BCUT2D eigenvalue weighted by atomic mass is 16.1. The molecule has 100 valence electrons. The minimum absolute atomic E-state index is 0.0361. The van der Waals surface area contributed by atoms with Crippen LogP contribution in [0.1, 0.15) is 12.7 Å². The van der Waals surface area contributed by atoms with Crippen LogP contribution in [0.4, 0.5) is 0 Å². The van der Waals surface area contributed by atoms with E-state index in [1.165, 1.54) is 0 Å². The van der Waals surface area contributed by atoms with Crippen LogP contribution in [0.3, 0.4) is 0 Å². The Hall–Kier alpha value is -2.42. The molecular formula is C17H17N2O+. The largest absolute Gasteiger partial charge is 0.350 e. The van der Waals surface area contributed by atoms with Crippen molar-refractivity contribution < 1.29 is 4.57 Å². The molecule has 0 spiro atoms. The van der Waals surface area contributed by atoms with Crippen LogP contribution in [-0.4, -0.2) is 4.57 Å². The summed E-state index contributed by atoms with van der Waals surface area (Å²) < 4.78 is 3.95. The van der Waals surface area contributed by atoms with Crippen molar-refractivity contribution >= 4 is 10.9 Å². The van der Waals surface area contributed by atoms with E-state index in [9.17, 15) is 4.79 Å². The second kappa shape index (κ2) is 4.93. The zero-order valence-electron chi connectivity index (χ0n) is 11.7. The number of hydrogen-bond donors (Lipinski definition) is 0. The second-order valence-corrected chi connectivity index (χ2v) is 4.78. The minimum Gasteiger partial charge on any atom is -0.240 e. The molecule has 0 bridgehead atoms. The van der Waals surface area contributed by atoms with E-state index in [-0.39, 0.29) is 5.56 Å². The van der Waals surface area contributed by atoms with Gasteiger partial charge in [0.1, 0.15) is 16.6 Å². The number of rotatable bonds is 2. The third-order valence-corrected chi connectivity index (χ3v) is 3.67. The average molecular weight is 265 g/mol. The summed E-state index contributed by atoms with van der Waals surface area (Å²) in [6, 6.07) is 17.6. The molecule has 0 saturated heterocycles. The van der Waals surface area contributed by atoms with E-state index >= 15 is 0 Å². The molecule has 20 heavy (non-hydrogen) atoms. The van der Waals surface area contributed by atoms with Crippen molar-refractivity contribution in [3.63, 3.8) is 0 Å². The number of fused-ring (bicyclic) bond motifs is 1. The molecule has 0 atom stereocenters. The molecule has 0 aliphatic rings. The molecule has 0 unspecified atom stereocenters. The maximum Gasteiger partial charge on any atom is 0.350 e. The summed E-state index contributed by atoms with van der Waals surface area (Å²) in [7, 11) is 0. The van der Waals surface area contributed by atoms with Crippen molar-refractivity contribution in [1.82, 2.24) is 4.57 Å². The predicted molar refractivity (Wildman–Crippen MR) is 80.2 cm³/mol. The van der Waals surface area contributed by atoms with Crippen molar-refractivity contribution in [1.29, 1.82) is 0 Å². The van der Waals surface area contributed by atoms with E-state index in [0.717, 1.165) is 29.0 Å². The smallest absolute Gasteiger partial charge is 0.240 e. The van der Waals surface area contributed by atoms with Gasteiger partial charge in [0, 0.05) is 6.92 Å². The number of hydrogen-bond acceptors (Lipinski definition) is 1. The summed E-state index contributed by atoms with van der Waals surface area (Å²) in [5.74, 6) is 0.947. The predicted octanol–water partition coefficient (Wildman–Crippen LogP) is 2.61. The molecule has 0 N–H and O–H groups in total. The van der Waals surface area contributed by atoms with Crippen molar-refractivity contribution in [3.05, 3.63) is 70.8 Å². The number of aryl methyl sites for hydroxylation is 1. The Morgan fingerprint density at radius 3 is 2.35 bits per heavy atom. The molecule has 0 amide bonds. The Bertz CT molecular complexity index is 820. The first kappa shape index (κ1) is 12.6. The van der Waals surface area contributed by atoms with Crippen molar-refractivity contribution in [2.24, 2.45) is 0 Å². The number of nitrogens with zero attached hydrogens (tertiary/aromatic N) is 2. The number of aromatic nitrogens is 2. The van der Waals surface area contributed by atoms with Crippen LogP contribution < -0.4 is 10.1 Å². The molecule has 0 fully saturated rings. The van der Waals surface area contributed by atoms with Crippen LogP contribution in [0.25, 0.3) is 16.6 Å². The summed E-state index contributed by atoms with van der Waals surface area (Å²) >= 11 is 0. The fourth-order valence-electron chi connectivity index (χ4n) is 2.73. The fourth-order valence-corrected chi connectivity index (χ4v) is 2.73. The molecule has 0 saturated carbocycles. The molecule has 2 aromatic carbocycles. The van der Waals surface area contributed by atoms with Crippen LogP contribution >= 0.6 is 0 Å². The van der Waals surface area contributed by atoms with Crippen molar-refractivity contribution in [3.8, 4) is 5.69 Å². The van der Waals surface area contributed by atoms with Gasteiger partial charge in [-0.25, -0.2) is 9.36 Å². The lowest BCUT2D eigenvalue weighted by Gasteiger charge is -2.10. The van der Waals surface area contributed by atoms with Crippen LogP contribution in [-0.2, 0) is 6.54 Å². The highest BCUT2D eigenvalue weighted by Gasteiger charge is 2.20. The lowest BCUT2D eigenvalue weighted by atomic mass is 10.2. The van der Waals surface area contributed by atoms with Gasteiger partial charge in [-0.15, -0.1) is 0 Å².